The Morgan fingerprint density at radius 1 is 1.35 bits per heavy atom. The van der Waals surface area contributed by atoms with Crippen LogP contribution < -0.4 is 5.32 Å². The van der Waals surface area contributed by atoms with Gasteiger partial charge in [-0.25, -0.2) is 4.79 Å². The molecule has 0 radical (unpaired) electrons. The minimum Gasteiger partial charge on any atom is -0.480 e. The molecule has 2 unspecified atom stereocenters. The predicted octanol–water partition coefficient (Wildman–Crippen LogP) is 1.81. The number of hydrogen-bond acceptors (Lipinski definition) is 3. The van der Waals surface area contributed by atoms with Crippen molar-refractivity contribution in [2.45, 2.75) is 53.0 Å². The fraction of sp³-hybridized carbons (Fsp3) is 0.706. The van der Waals surface area contributed by atoms with E-state index in [9.17, 15) is 19.5 Å². The Labute approximate surface area is 137 Å². The van der Waals surface area contributed by atoms with Crippen LogP contribution >= 0.6 is 0 Å². The molecule has 6 heteroatoms. The van der Waals surface area contributed by atoms with E-state index in [1.165, 1.54) is 0 Å². The van der Waals surface area contributed by atoms with Gasteiger partial charge in [0.2, 0.25) is 11.8 Å². The third kappa shape index (κ3) is 5.69. The molecule has 2 amide bonds. The van der Waals surface area contributed by atoms with Crippen LogP contribution in [0.2, 0.25) is 0 Å². The second-order valence-corrected chi connectivity index (χ2v) is 7.04. The molecule has 1 rings (SSSR count). The minimum absolute atomic E-state index is 0.0266. The van der Waals surface area contributed by atoms with Gasteiger partial charge in [0.1, 0.15) is 6.04 Å². The molecule has 6 nitrogen and oxygen atoms in total. The highest BCUT2D eigenvalue weighted by Gasteiger charge is 2.34. The third-order valence-corrected chi connectivity index (χ3v) is 3.94. The fourth-order valence-corrected chi connectivity index (χ4v) is 2.63. The summed E-state index contributed by atoms with van der Waals surface area (Å²) in [5.74, 6) is -1.65. The molecule has 0 aromatic heterocycles. The van der Waals surface area contributed by atoms with Crippen LogP contribution in [0.3, 0.4) is 0 Å². The molecule has 1 fully saturated rings. The lowest BCUT2D eigenvalue weighted by atomic mass is 9.90. The monoisotopic (exact) mass is 324 g/mol. The Kier molecular flexibility index (Phi) is 6.79. The van der Waals surface area contributed by atoms with Crippen LogP contribution in [-0.2, 0) is 14.4 Å². The van der Waals surface area contributed by atoms with Crippen LogP contribution in [-0.4, -0.2) is 46.9 Å². The number of nitrogens with zero attached hydrogens (tertiary/aromatic N) is 1. The van der Waals surface area contributed by atoms with E-state index in [1.807, 2.05) is 20.8 Å². The van der Waals surface area contributed by atoms with E-state index in [0.29, 0.717) is 19.5 Å². The second kappa shape index (κ2) is 8.13. The SMILES string of the molecule is C/C=C/CC(NC(=O)C1CCCN(C(=O)C(C)(C)C)C1)C(=O)O. The third-order valence-electron chi connectivity index (χ3n) is 3.94. The molecule has 0 bridgehead atoms. The van der Waals surface area contributed by atoms with Crippen molar-refractivity contribution in [3.05, 3.63) is 12.2 Å². The van der Waals surface area contributed by atoms with Gasteiger partial charge >= 0.3 is 5.97 Å². The van der Waals surface area contributed by atoms with E-state index >= 15 is 0 Å². The maximum absolute atomic E-state index is 12.4. The van der Waals surface area contributed by atoms with Gasteiger partial charge < -0.3 is 15.3 Å². The van der Waals surface area contributed by atoms with Crippen LogP contribution in [0.15, 0.2) is 12.2 Å². The lowest BCUT2D eigenvalue weighted by Crippen LogP contribution is -2.51. The summed E-state index contributed by atoms with van der Waals surface area (Å²) in [7, 11) is 0. The fourth-order valence-electron chi connectivity index (χ4n) is 2.63. The van der Waals surface area contributed by atoms with Gasteiger partial charge in [-0.1, -0.05) is 32.9 Å². The summed E-state index contributed by atoms with van der Waals surface area (Å²) in [6.07, 6.45) is 5.17. The van der Waals surface area contributed by atoms with Crippen molar-refractivity contribution in [3.63, 3.8) is 0 Å². The first-order valence-corrected chi connectivity index (χ1v) is 8.10. The number of piperidine rings is 1. The van der Waals surface area contributed by atoms with Gasteiger partial charge in [0.15, 0.2) is 0 Å². The first-order valence-electron chi connectivity index (χ1n) is 8.10. The zero-order valence-corrected chi connectivity index (χ0v) is 14.5. The highest BCUT2D eigenvalue weighted by atomic mass is 16.4. The van der Waals surface area contributed by atoms with Crippen molar-refractivity contribution in [3.8, 4) is 0 Å². The lowest BCUT2D eigenvalue weighted by Gasteiger charge is -2.36. The Morgan fingerprint density at radius 2 is 2.00 bits per heavy atom. The molecule has 23 heavy (non-hydrogen) atoms. The molecule has 0 aromatic rings. The number of carbonyl (C=O) groups excluding carboxylic acids is 2. The van der Waals surface area contributed by atoms with Gasteiger partial charge in [-0.2, -0.15) is 0 Å². The Morgan fingerprint density at radius 3 is 2.52 bits per heavy atom. The average molecular weight is 324 g/mol. The van der Waals surface area contributed by atoms with Gasteiger partial charge in [0, 0.05) is 18.5 Å². The summed E-state index contributed by atoms with van der Waals surface area (Å²) in [5.41, 5.74) is -0.478. The highest BCUT2D eigenvalue weighted by molar-refractivity contribution is 5.86. The second-order valence-electron chi connectivity index (χ2n) is 7.04. The van der Waals surface area contributed by atoms with E-state index in [1.54, 1.807) is 24.0 Å². The maximum atomic E-state index is 12.4. The Hall–Kier alpha value is -1.85. The molecule has 0 spiro atoms. The van der Waals surface area contributed by atoms with Gasteiger partial charge in [0.25, 0.3) is 0 Å². The maximum Gasteiger partial charge on any atom is 0.326 e. The molecule has 0 aliphatic carbocycles. The topological polar surface area (TPSA) is 86.7 Å². The summed E-state index contributed by atoms with van der Waals surface area (Å²) >= 11 is 0. The molecule has 0 aromatic carbocycles. The molecular weight excluding hydrogens is 296 g/mol. The van der Waals surface area contributed by atoms with Crippen molar-refractivity contribution >= 4 is 17.8 Å². The molecule has 2 atom stereocenters. The number of carboxylic acids is 1. The first-order chi connectivity index (χ1) is 10.7. The number of amides is 2. The number of nitrogens with one attached hydrogen (secondary N) is 1. The summed E-state index contributed by atoms with van der Waals surface area (Å²) in [4.78, 5) is 37.6. The standard InChI is InChI=1S/C17H28N2O4/c1-5-6-9-13(15(21)22)18-14(20)12-8-7-10-19(11-12)16(23)17(2,3)4/h5-6,12-13H,7-11H2,1-4H3,(H,18,20)(H,21,22)/b6-5+. The highest BCUT2D eigenvalue weighted by Crippen LogP contribution is 2.23. The van der Waals surface area contributed by atoms with Crippen molar-refractivity contribution in [1.82, 2.24) is 10.2 Å². The number of allylic oxidation sites excluding steroid dienone is 1. The van der Waals surface area contributed by atoms with Crippen LogP contribution in [0, 0.1) is 11.3 Å². The van der Waals surface area contributed by atoms with E-state index in [-0.39, 0.29) is 24.2 Å². The Bertz CT molecular complexity index is 479. The smallest absolute Gasteiger partial charge is 0.326 e. The molecule has 1 aliphatic heterocycles. The average Bonchev–Trinajstić information content (AvgIpc) is 2.49. The normalized spacial score (nSPS) is 20.3. The van der Waals surface area contributed by atoms with Gasteiger partial charge in [-0.3, -0.25) is 9.59 Å². The van der Waals surface area contributed by atoms with E-state index in [0.717, 1.165) is 6.42 Å². The van der Waals surface area contributed by atoms with Crippen molar-refractivity contribution in [1.29, 1.82) is 0 Å². The minimum atomic E-state index is -1.05. The van der Waals surface area contributed by atoms with Gasteiger partial charge in [-0.05, 0) is 26.2 Å². The summed E-state index contributed by atoms with van der Waals surface area (Å²) in [6, 6.07) is -0.924. The molecular formula is C17H28N2O4. The number of rotatable bonds is 5. The van der Waals surface area contributed by atoms with E-state index in [2.05, 4.69) is 5.32 Å². The van der Waals surface area contributed by atoms with Crippen molar-refractivity contribution in [2.24, 2.45) is 11.3 Å². The van der Waals surface area contributed by atoms with Gasteiger partial charge in [-0.15, -0.1) is 0 Å². The van der Waals surface area contributed by atoms with Crippen LogP contribution in [0.4, 0.5) is 0 Å². The van der Waals surface area contributed by atoms with Crippen LogP contribution in [0.1, 0.15) is 47.0 Å². The molecule has 1 saturated heterocycles. The van der Waals surface area contributed by atoms with Crippen molar-refractivity contribution < 1.29 is 19.5 Å². The number of carboxylic acid groups (broad SMARTS) is 1. The summed E-state index contributed by atoms with van der Waals surface area (Å²) < 4.78 is 0. The zero-order chi connectivity index (χ0) is 17.6. The van der Waals surface area contributed by atoms with E-state index in [4.69, 9.17) is 0 Å². The quantitative estimate of drug-likeness (QED) is 0.755. The number of carbonyl (C=O) groups is 3. The molecule has 2 N–H and O–H groups in total. The largest absolute Gasteiger partial charge is 0.480 e. The van der Waals surface area contributed by atoms with Gasteiger partial charge in [0.05, 0.1) is 5.92 Å². The number of likely N-dealkylation sites (tertiary alicyclic amines) is 1. The summed E-state index contributed by atoms with van der Waals surface area (Å²) in [5, 5.41) is 11.8. The molecule has 1 aliphatic rings. The van der Waals surface area contributed by atoms with Crippen LogP contribution in [0.25, 0.3) is 0 Å². The molecule has 130 valence electrons. The summed E-state index contributed by atoms with van der Waals surface area (Å²) in [6.45, 7) is 8.39. The zero-order valence-electron chi connectivity index (χ0n) is 14.5. The predicted molar refractivity (Wildman–Crippen MR) is 87.8 cm³/mol. The first kappa shape index (κ1) is 19.2. The van der Waals surface area contributed by atoms with Crippen LogP contribution in [0.5, 0.6) is 0 Å². The Balaban J connectivity index is 2.68. The van der Waals surface area contributed by atoms with Crippen molar-refractivity contribution in [2.75, 3.05) is 13.1 Å². The molecule has 0 saturated carbocycles. The lowest BCUT2D eigenvalue weighted by molar-refractivity contribution is -0.145. The number of hydrogen-bond donors (Lipinski definition) is 2. The molecule has 1 heterocycles. The van der Waals surface area contributed by atoms with E-state index < -0.39 is 17.4 Å². The number of aliphatic carboxylic acids is 1.